The van der Waals surface area contributed by atoms with Crippen molar-refractivity contribution >= 4 is 29.7 Å². The molecule has 2 nitrogen and oxygen atoms in total. The first-order chi connectivity index (χ1) is 3.92. The molecule has 1 unspecified atom stereocenters. The fourth-order valence-electron chi connectivity index (χ4n) is 0.246. The second-order valence-electron chi connectivity index (χ2n) is 2.18. The van der Waals surface area contributed by atoms with Crippen molar-refractivity contribution in [1.29, 1.82) is 0 Å². The number of thiol groups is 1. The summed E-state index contributed by atoms with van der Waals surface area (Å²) < 4.78 is 4.84. The van der Waals surface area contributed by atoms with Crippen molar-refractivity contribution in [1.82, 2.24) is 0 Å². The number of hydrogen-bond donors (Lipinski definition) is 2. The van der Waals surface area contributed by atoms with Crippen LogP contribution in [0.3, 0.4) is 0 Å². The topological polar surface area (TPSA) is 29.5 Å². The van der Waals surface area contributed by atoms with Crippen LogP contribution in [-0.4, -0.2) is 11.5 Å². The number of hydrogen-bond acceptors (Lipinski definition) is 2. The van der Waals surface area contributed by atoms with E-state index in [-0.39, 0.29) is 52.8 Å². The normalized spacial score (nSPS) is 16.1. The minimum absolute atomic E-state index is 0. The van der Waals surface area contributed by atoms with Crippen LogP contribution in [0, 0.1) is 5.92 Å². The monoisotopic (exact) mass is 226 g/mol. The first kappa shape index (κ1) is 15.0. The van der Waals surface area contributed by atoms with Crippen LogP contribution in [-0.2, 0) is 16.3 Å². The van der Waals surface area contributed by atoms with Gasteiger partial charge in [-0.3, -0.25) is 0 Å². The molecule has 0 spiro atoms. The third kappa shape index (κ3) is 13.2. The van der Waals surface area contributed by atoms with Crippen LogP contribution in [0.5, 0.6) is 0 Å². The molecule has 0 fully saturated rings. The van der Waals surface area contributed by atoms with E-state index in [0.717, 1.165) is 0 Å². The van der Waals surface area contributed by atoms with Crippen molar-refractivity contribution in [2.45, 2.75) is 13.8 Å². The molecule has 0 amide bonds. The fraction of sp³-hybridized carbons (Fsp3) is 1.00. The van der Waals surface area contributed by atoms with E-state index in [1.54, 1.807) is 0 Å². The van der Waals surface area contributed by atoms with Crippen molar-refractivity contribution in [2.24, 2.45) is 5.92 Å². The molecule has 1 atom stereocenters. The Morgan fingerprint density at radius 3 is 2.30 bits per heavy atom. The molecule has 0 aromatic carbocycles. The smallest absolute Gasteiger partial charge is 1.00 e. The zero-order chi connectivity index (χ0) is 7.49. The van der Waals surface area contributed by atoms with Crippen LogP contribution >= 0.6 is 17.9 Å². The van der Waals surface area contributed by atoms with Crippen LogP contribution < -0.4 is 51.4 Å². The van der Waals surface area contributed by atoms with E-state index in [4.69, 9.17) is 9.42 Å². The zero-order valence-electron chi connectivity index (χ0n) is 7.44. The predicted molar refractivity (Wildman–Crippen MR) is 47.4 cm³/mol. The summed E-state index contributed by atoms with van der Waals surface area (Å²) in [6.07, 6.45) is 0. The molecule has 10 heavy (non-hydrogen) atoms. The Labute approximate surface area is 116 Å². The van der Waals surface area contributed by atoms with E-state index in [1.165, 1.54) is 0 Å². The van der Waals surface area contributed by atoms with Crippen molar-refractivity contribution < 1.29 is 62.2 Å². The van der Waals surface area contributed by atoms with Gasteiger partial charge in [0.15, 0.2) is 0 Å². The van der Waals surface area contributed by atoms with Crippen LogP contribution in [0.25, 0.3) is 0 Å². The van der Waals surface area contributed by atoms with E-state index >= 15 is 0 Å². The van der Waals surface area contributed by atoms with Gasteiger partial charge in [-0.2, -0.15) is 0 Å². The van der Waals surface area contributed by atoms with E-state index < -0.39 is 5.69 Å². The summed E-state index contributed by atoms with van der Waals surface area (Å²) in [6.45, 7) is 4.45. The molecule has 0 heterocycles. The van der Waals surface area contributed by atoms with E-state index in [2.05, 4.69) is 24.1 Å². The Morgan fingerprint density at radius 2 is 2.20 bits per heavy atom. The first-order valence-corrected chi connectivity index (χ1v) is 6.44. The molecule has 0 aromatic rings. The van der Waals surface area contributed by atoms with Gasteiger partial charge in [-0.25, -0.2) is 0 Å². The van der Waals surface area contributed by atoms with Gasteiger partial charge >= 0.3 is 51.4 Å². The standard InChI is InChI=1S/C4H11O2PS2.K.H/c1-4(2)3-6-7(5,8)9;;/h4H,3H2,1-2H3,(H2,5,8,9);;/q;+1;-1. The van der Waals surface area contributed by atoms with Crippen LogP contribution in [0.1, 0.15) is 15.3 Å². The second kappa shape index (κ2) is 7.01. The second-order valence-corrected chi connectivity index (χ2v) is 7.34. The molecule has 0 saturated heterocycles. The molecule has 6 heteroatoms. The van der Waals surface area contributed by atoms with E-state index in [9.17, 15) is 0 Å². The van der Waals surface area contributed by atoms with Gasteiger partial charge in [-0.05, 0) is 17.7 Å². The maximum absolute atomic E-state index is 8.83. The first-order valence-electron chi connectivity index (χ1n) is 2.62. The SMILES string of the molecule is CC(C)COP(O)(=S)S.[H-].[K+]. The van der Waals surface area contributed by atoms with Gasteiger partial charge in [0.2, 0.25) is 5.69 Å². The third-order valence-corrected chi connectivity index (χ3v) is 1.72. The molecular formula is C4H12KO2PS2. The summed E-state index contributed by atoms with van der Waals surface area (Å²) in [7, 11) is 0. The molecule has 0 aliphatic heterocycles. The molecule has 0 saturated carbocycles. The Bertz CT molecular complexity index is 129. The molecule has 0 rings (SSSR count). The van der Waals surface area contributed by atoms with Gasteiger partial charge in [0, 0.05) is 0 Å². The molecule has 58 valence electrons. The zero-order valence-corrected chi connectivity index (χ0v) is 12.2. The summed E-state index contributed by atoms with van der Waals surface area (Å²) in [5.41, 5.74) is -2.69. The van der Waals surface area contributed by atoms with Crippen LogP contribution in [0.4, 0.5) is 0 Å². The molecular weight excluding hydrogens is 214 g/mol. The van der Waals surface area contributed by atoms with Gasteiger partial charge in [-0.1, -0.05) is 26.1 Å². The predicted octanol–water partition coefficient (Wildman–Crippen LogP) is -1.08. The summed E-state index contributed by atoms with van der Waals surface area (Å²) in [4.78, 5) is 8.83. The van der Waals surface area contributed by atoms with Gasteiger partial charge in [0.05, 0.1) is 6.61 Å². The van der Waals surface area contributed by atoms with Crippen LogP contribution in [0.15, 0.2) is 0 Å². The average Bonchev–Trinajstić information content (AvgIpc) is 1.59. The summed E-state index contributed by atoms with van der Waals surface area (Å²) >= 11 is 8.20. The van der Waals surface area contributed by atoms with Gasteiger partial charge in [0.25, 0.3) is 0 Å². The van der Waals surface area contributed by atoms with E-state index in [1.807, 2.05) is 13.8 Å². The molecule has 0 aromatic heterocycles. The average molecular weight is 226 g/mol. The molecule has 0 aliphatic rings. The summed E-state index contributed by atoms with van der Waals surface area (Å²) in [6, 6.07) is 0. The Morgan fingerprint density at radius 1 is 1.80 bits per heavy atom. The van der Waals surface area contributed by atoms with Gasteiger partial charge < -0.3 is 10.8 Å². The maximum Gasteiger partial charge on any atom is 1.00 e. The quantitative estimate of drug-likeness (QED) is 0.364. The summed E-state index contributed by atoms with van der Waals surface area (Å²) in [5, 5.41) is 0. The fourth-order valence-corrected chi connectivity index (χ4v) is 1.12. The molecule has 1 N–H and O–H groups in total. The number of rotatable bonds is 3. The van der Waals surface area contributed by atoms with Crippen molar-refractivity contribution in [3.8, 4) is 0 Å². The van der Waals surface area contributed by atoms with Gasteiger partial charge in [-0.15, -0.1) is 0 Å². The van der Waals surface area contributed by atoms with E-state index in [0.29, 0.717) is 12.5 Å². The third-order valence-electron chi connectivity index (χ3n) is 0.576. The summed E-state index contributed by atoms with van der Waals surface area (Å²) in [5.74, 6) is 0.395. The van der Waals surface area contributed by atoms with Crippen molar-refractivity contribution in [3.05, 3.63) is 0 Å². The molecule has 0 aliphatic carbocycles. The maximum atomic E-state index is 8.83. The Kier molecular flexibility index (Phi) is 10.5. The Hall–Kier alpha value is 2.56. The Balaban J connectivity index is -0.000000320. The van der Waals surface area contributed by atoms with Gasteiger partial charge in [0.1, 0.15) is 0 Å². The minimum Gasteiger partial charge on any atom is -1.00 e. The molecule has 0 bridgehead atoms. The largest absolute Gasteiger partial charge is 1.00 e. The van der Waals surface area contributed by atoms with Crippen molar-refractivity contribution in [3.63, 3.8) is 0 Å². The van der Waals surface area contributed by atoms with Crippen LogP contribution in [0.2, 0.25) is 0 Å². The van der Waals surface area contributed by atoms with Crippen molar-refractivity contribution in [2.75, 3.05) is 6.61 Å². The molecule has 0 radical (unpaired) electrons. The minimum atomic E-state index is -2.69.